The van der Waals surface area contributed by atoms with Crippen LogP contribution in [0.4, 0.5) is 4.79 Å². The maximum atomic E-state index is 11.5. The summed E-state index contributed by atoms with van der Waals surface area (Å²) in [5, 5.41) is 31.7. The number of rotatable bonds is 6. The van der Waals surface area contributed by atoms with Crippen molar-refractivity contribution in [2.24, 2.45) is 0 Å². The van der Waals surface area contributed by atoms with Crippen molar-refractivity contribution in [2.45, 2.75) is 51.6 Å². The molecule has 0 saturated heterocycles. The minimum Gasteiger partial charge on any atom is -0.444 e. The molecule has 1 rings (SSSR count). The molecular weight excluding hydrogens is 286 g/mol. The Bertz CT molecular complexity index is 484. The van der Waals surface area contributed by atoms with Crippen molar-refractivity contribution in [3.05, 3.63) is 35.4 Å². The van der Waals surface area contributed by atoms with Gasteiger partial charge in [0.25, 0.3) is 0 Å². The Balaban J connectivity index is 2.44. The third-order valence-corrected chi connectivity index (χ3v) is 2.95. The van der Waals surface area contributed by atoms with E-state index in [9.17, 15) is 15.0 Å². The van der Waals surface area contributed by atoms with Gasteiger partial charge in [0.1, 0.15) is 11.7 Å². The van der Waals surface area contributed by atoms with Gasteiger partial charge in [-0.3, -0.25) is 0 Å². The van der Waals surface area contributed by atoms with Gasteiger partial charge in [-0.15, -0.1) is 0 Å². The Hall–Kier alpha value is -1.63. The molecule has 0 saturated carbocycles. The number of ether oxygens (including phenoxy) is 1. The first-order valence-corrected chi connectivity index (χ1v) is 7.25. The van der Waals surface area contributed by atoms with E-state index in [0.717, 1.165) is 0 Å². The second-order valence-corrected chi connectivity index (χ2v) is 6.13. The second-order valence-electron chi connectivity index (χ2n) is 6.13. The fourth-order valence-corrected chi connectivity index (χ4v) is 1.89. The van der Waals surface area contributed by atoms with E-state index in [1.807, 2.05) is 0 Å². The lowest BCUT2D eigenvalue weighted by Crippen LogP contribution is -2.34. The molecule has 0 aromatic heterocycles. The number of aliphatic hydroxyl groups is 3. The molecule has 22 heavy (non-hydrogen) atoms. The number of aliphatic hydroxyl groups excluding tert-OH is 3. The number of hydrogen-bond acceptors (Lipinski definition) is 5. The molecular formula is C16H25NO5. The summed E-state index contributed by atoms with van der Waals surface area (Å²) >= 11 is 0. The van der Waals surface area contributed by atoms with Gasteiger partial charge in [-0.1, -0.05) is 24.3 Å². The van der Waals surface area contributed by atoms with Crippen molar-refractivity contribution in [3.8, 4) is 0 Å². The van der Waals surface area contributed by atoms with E-state index in [0.29, 0.717) is 11.1 Å². The number of nitrogens with one attached hydrogen (secondary N) is 1. The van der Waals surface area contributed by atoms with Crippen LogP contribution in [0.1, 0.15) is 44.4 Å². The molecule has 1 aromatic carbocycles. The van der Waals surface area contributed by atoms with Crippen molar-refractivity contribution < 1.29 is 24.9 Å². The summed E-state index contributed by atoms with van der Waals surface area (Å²) in [5.74, 6) is 0. The van der Waals surface area contributed by atoms with E-state index in [2.05, 4.69) is 5.32 Å². The van der Waals surface area contributed by atoms with Gasteiger partial charge >= 0.3 is 6.09 Å². The molecule has 124 valence electrons. The normalized spacial score (nSPS) is 14.3. The zero-order valence-electron chi connectivity index (χ0n) is 13.2. The Morgan fingerprint density at radius 2 is 2.00 bits per heavy atom. The van der Waals surface area contributed by atoms with Crippen LogP contribution in [-0.4, -0.2) is 39.7 Å². The Labute approximate surface area is 130 Å². The van der Waals surface area contributed by atoms with E-state index in [1.165, 1.54) is 0 Å². The summed E-state index contributed by atoms with van der Waals surface area (Å²) in [6, 6.07) is 6.74. The molecule has 0 heterocycles. The first-order valence-electron chi connectivity index (χ1n) is 7.25. The van der Waals surface area contributed by atoms with Crippen LogP contribution in [0.3, 0.4) is 0 Å². The summed E-state index contributed by atoms with van der Waals surface area (Å²) in [6.07, 6.45) is -2.48. The lowest BCUT2D eigenvalue weighted by molar-refractivity contribution is 0.0122. The lowest BCUT2D eigenvalue weighted by Gasteiger charge is -2.21. The molecule has 1 amide bonds. The van der Waals surface area contributed by atoms with E-state index >= 15 is 0 Å². The van der Waals surface area contributed by atoms with Crippen LogP contribution in [0.15, 0.2) is 24.3 Å². The lowest BCUT2D eigenvalue weighted by atomic mass is 10.0. The molecule has 1 aromatic rings. The quantitative estimate of drug-likeness (QED) is 0.638. The highest BCUT2D eigenvalue weighted by Gasteiger charge is 2.20. The standard InChI is InChI=1S/C16H25NO5/c1-16(2,3)22-15(21)17-8-7-13(19)14(20)12-6-4-5-11(9-12)10-18/h4-6,9,13-14,18-20H,7-8,10H2,1-3H3,(H,17,21). The largest absolute Gasteiger partial charge is 0.444 e. The molecule has 6 nitrogen and oxygen atoms in total. The summed E-state index contributed by atoms with van der Waals surface area (Å²) in [6.45, 7) is 5.35. The number of amides is 1. The van der Waals surface area contributed by atoms with Crippen LogP contribution in [0.2, 0.25) is 0 Å². The third kappa shape index (κ3) is 6.43. The number of hydrogen-bond donors (Lipinski definition) is 4. The van der Waals surface area contributed by atoms with E-state index in [-0.39, 0.29) is 19.6 Å². The average Bonchev–Trinajstić information content (AvgIpc) is 2.44. The van der Waals surface area contributed by atoms with Gasteiger partial charge in [0.05, 0.1) is 12.7 Å². The highest BCUT2D eigenvalue weighted by molar-refractivity contribution is 5.67. The van der Waals surface area contributed by atoms with Gasteiger partial charge in [0, 0.05) is 6.54 Å². The summed E-state index contributed by atoms with van der Waals surface area (Å²) < 4.78 is 5.07. The van der Waals surface area contributed by atoms with Crippen LogP contribution in [0.5, 0.6) is 0 Å². The first kappa shape index (κ1) is 18.4. The van der Waals surface area contributed by atoms with Crippen LogP contribution in [0.25, 0.3) is 0 Å². The summed E-state index contributed by atoms with van der Waals surface area (Å²) in [4.78, 5) is 11.5. The average molecular weight is 311 g/mol. The van der Waals surface area contributed by atoms with Gasteiger partial charge in [-0.25, -0.2) is 4.79 Å². The first-order chi connectivity index (χ1) is 10.2. The van der Waals surface area contributed by atoms with Crippen molar-refractivity contribution in [1.29, 1.82) is 0 Å². The minimum absolute atomic E-state index is 0.128. The minimum atomic E-state index is -1.08. The van der Waals surface area contributed by atoms with Crippen molar-refractivity contribution in [2.75, 3.05) is 6.54 Å². The van der Waals surface area contributed by atoms with Crippen molar-refractivity contribution in [1.82, 2.24) is 5.32 Å². The third-order valence-electron chi connectivity index (χ3n) is 2.95. The highest BCUT2D eigenvalue weighted by atomic mass is 16.6. The highest BCUT2D eigenvalue weighted by Crippen LogP contribution is 2.20. The van der Waals surface area contributed by atoms with Crippen LogP contribution in [-0.2, 0) is 11.3 Å². The molecule has 6 heteroatoms. The van der Waals surface area contributed by atoms with Crippen LogP contribution >= 0.6 is 0 Å². The van der Waals surface area contributed by atoms with E-state index < -0.39 is 23.9 Å². The molecule has 0 fully saturated rings. The molecule has 0 aliphatic carbocycles. The molecule has 0 spiro atoms. The Kier molecular flexibility index (Phi) is 6.80. The van der Waals surface area contributed by atoms with Crippen molar-refractivity contribution >= 4 is 6.09 Å². The zero-order chi connectivity index (χ0) is 16.8. The monoisotopic (exact) mass is 311 g/mol. The van der Waals surface area contributed by atoms with Gasteiger partial charge in [0.15, 0.2) is 0 Å². The molecule has 0 aliphatic heterocycles. The smallest absolute Gasteiger partial charge is 0.407 e. The predicted molar refractivity (Wildman–Crippen MR) is 82.2 cm³/mol. The molecule has 0 bridgehead atoms. The predicted octanol–water partition coefficient (Wildman–Crippen LogP) is 1.49. The van der Waals surface area contributed by atoms with Crippen LogP contribution in [0, 0.1) is 0 Å². The maximum Gasteiger partial charge on any atom is 0.407 e. The van der Waals surface area contributed by atoms with E-state index in [1.54, 1.807) is 45.0 Å². The van der Waals surface area contributed by atoms with Gasteiger partial charge < -0.3 is 25.4 Å². The molecule has 2 atom stereocenters. The molecule has 2 unspecified atom stereocenters. The topological polar surface area (TPSA) is 99.0 Å². The fourth-order valence-electron chi connectivity index (χ4n) is 1.89. The van der Waals surface area contributed by atoms with Gasteiger partial charge in [-0.2, -0.15) is 0 Å². The number of benzene rings is 1. The molecule has 0 aliphatic rings. The molecule has 0 radical (unpaired) electrons. The zero-order valence-corrected chi connectivity index (χ0v) is 13.2. The molecule has 4 N–H and O–H groups in total. The SMILES string of the molecule is CC(C)(C)OC(=O)NCCC(O)C(O)c1cccc(CO)c1. The fraction of sp³-hybridized carbons (Fsp3) is 0.562. The summed E-state index contributed by atoms with van der Waals surface area (Å²) in [7, 11) is 0. The van der Waals surface area contributed by atoms with Crippen molar-refractivity contribution in [3.63, 3.8) is 0 Å². The van der Waals surface area contributed by atoms with Crippen LogP contribution < -0.4 is 5.32 Å². The number of carbonyl (C=O) groups excluding carboxylic acids is 1. The van der Waals surface area contributed by atoms with Gasteiger partial charge in [-0.05, 0) is 38.3 Å². The Morgan fingerprint density at radius 3 is 2.59 bits per heavy atom. The second kappa shape index (κ2) is 8.12. The Morgan fingerprint density at radius 1 is 1.32 bits per heavy atom. The van der Waals surface area contributed by atoms with Gasteiger partial charge in [0.2, 0.25) is 0 Å². The maximum absolute atomic E-state index is 11.5. The number of carbonyl (C=O) groups is 1. The number of alkyl carbamates (subject to hydrolysis) is 1. The van der Waals surface area contributed by atoms with E-state index in [4.69, 9.17) is 9.84 Å². The summed E-state index contributed by atoms with van der Waals surface area (Å²) in [5.41, 5.74) is 0.611.